The Morgan fingerprint density at radius 2 is 1.14 bits per heavy atom. The predicted octanol–water partition coefficient (Wildman–Crippen LogP) is 7.17. The topological polar surface area (TPSA) is 40.5 Å². The zero-order chi connectivity index (χ0) is 24.6. The van der Waals surface area contributed by atoms with Crippen molar-refractivity contribution in [3.05, 3.63) is 144 Å². The lowest BCUT2D eigenvalue weighted by Gasteiger charge is -2.13. The molecule has 5 aromatic rings. The summed E-state index contributed by atoms with van der Waals surface area (Å²) < 4.78 is 14.3. The SMILES string of the molecule is O=Cc1cn(Cc2cc(OCc3ccccc3)cc(OCc3ccccc3)c2)cc1-c1ccccc1. The number of hydrogen-bond donors (Lipinski definition) is 0. The third kappa shape index (κ3) is 5.91. The monoisotopic (exact) mass is 473 g/mol. The molecule has 0 aliphatic rings. The summed E-state index contributed by atoms with van der Waals surface area (Å²) in [4.78, 5) is 11.8. The summed E-state index contributed by atoms with van der Waals surface area (Å²) in [5, 5.41) is 0. The van der Waals surface area contributed by atoms with Crippen LogP contribution in [0.15, 0.2) is 122 Å². The van der Waals surface area contributed by atoms with Crippen LogP contribution in [0.2, 0.25) is 0 Å². The second-order valence-electron chi connectivity index (χ2n) is 8.64. The Kier molecular flexibility index (Phi) is 7.24. The lowest BCUT2D eigenvalue weighted by atomic mass is 10.1. The minimum absolute atomic E-state index is 0.472. The van der Waals surface area contributed by atoms with Gasteiger partial charge in [-0.1, -0.05) is 91.0 Å². The van der Waals surface area contributed by atoms with Gasteiger partial charge in [-0.05, 0) is 34.4 Å². The largest absolute Gasteiger partial charge is 0.489 e. The molecule has 0 atom stereocenters. The second-order valence-corrected chi connectivity index (χ2v) is 8.64. The van der Waals surface area contributed by atoms with E-state index in [1.807, 2.05) is 126 Å². The molecule has 0 unspecified atom stereocenters. The lowest BCUT2D eigenvalue weighted by Crippen LogP contribution is -2.02. The minimum Gasteiger partial charge on any atom is -0.489 e. The summed E-state index contributed by atoms with van der Waals surface area (Å²) in [6, 6.07) is 36.1. The van der Waals surface area contributed by atoms with E-state index in [4.69, 9.17) is 9.47 Å². The van der Waals surface area contributed by atoms with Gasteiger partial charge in [0.05, 0.1) is 0 Å². The number of hydrogen-bond acceptors (Lipinski definition) is 3. The molecule has 0 radical (unpaired) electrons. The van der Waals surface area contributed by atoms with Gasteiger partial charge >= 0.3 is 0 Å². The first-order valence-corrected chi connectivity index (χ1v) is 11.9. The summed E-state index contributed by atoms with van der Waals surface area (Å²) in [6.07, 6.45) is 4.81. The van der Waals surface area contributed by atoms with Crippen molar-refractivity contribution >= 4 is 6.29 Å². The minimum atomic E-state index is 0.472. The highest BCUT2D eigenvalue weighted by Crippen LogP contribution is 2.28. The Balaban J connectivity index is 1.40. The highest BCUT2D eigenvalue weighted by atomic mass is 16.5. The van der Waals surface area contributed by atoms with Gasteiger partial charge in [0.25, 0.3) is 0 Å². The summed E-state index contributed by atoms with van der Waals surface area (Å²) >= 11 is 0. The van der Waals surface area contributed by atoms with Gasteiger partial charge in [-0.3, -0.25) is 4.79 Å². The highest BCUT2D eigenvalue weighted by molar-refractivity contribution is 5.87. The number of aromatic nitrogens is 1. The first-order valence-electron chi connectivity index (χ1n) is 11.9. The van der Waals surface area contributed by atoms with Gasteiger partial charge in [0.15, 0.2) is 6.29 Å². The lowest BCUT2D eigenvalue weighted by molar-refractivity contribution is 0.112. The zero-order valence-corrected chi connectivity index (χ0v) is 19.9. The molecule has 4 aromatic carbocycles. The molecule has 5 rings (SSSR count). The van der Waals surface area contributed by atoms with Gasteiger partial charge in [-0.15, -0.1) is 0 Å². The smallest absolute Gasteiger partial charge is 0.152 e. The molecule has 0 N–H and O–H groups in total. The van der Waals surface area contributed by atoms with Gasteiger partial charge in [0.1, 0.15) is 24.7 Å². The fourth-order valence-corrected chi connectivity index (χ4v) is 4.15. The zero-order valence-electron chi connectivity index (χ0n) is 19.9. The molecule has 0 saturated heterocycles. The van der Waals surface area contributed by atoms with Crippen LogP contribution in [-0.4, -0.2) is 10.9 Å². The Bertz CT molecular complexity index is 1350. The van der Waals surface area contributed by atoms with E-state index in [1.54, 1.807) is 0 Å². The summed E-state index contributed by atoms with van der Waals surface area (Å²) in [5.74, 6) is 1.48. The van der Waals surface area contributed by atoms with Crippen molar-refractivity contribution in [2.24, 2.45) is 0 Å². The Morgan fingerprint density at radius 3 is 1.67 bits per heavy atom. The fraction of sp³-hybridized carbons (Fsp3) is 0.0938. The molecule has 0 aliphatic heterocycles. The predicted molar refractivity (Wildman–Crippen MR) is 142 cm³/mol. The van der Waals surface area contributed by atoms with Crippen molar-refractivity contribution in [2.45, 2.75) is 19.8 Å². The first kappa shape index (κ1) is 23.2. The van der Waals surface area contributed by atoms with E-state index in [9.17, 15) is 4.79 Å². The summed E-state index contributed by atoms with van der Waals surface area (Å²) in [7, 11) is 0. The van der Waals surface area contributed by atoms with Gasteiger partial charge in [0, 0.05) is 36.1 Å². The van der Waals surface area contributed by atoms with E-state index in [-0.39, 0.29) is 0 Å². The molecule has 1 heterocycles. The highest BCUT2D eigenvalue weighted by Gasteiger charge is 2.11. The van der Waals surface area contributed by atoms with Crippen molar-refractivity contribution in [3.8, 4) is 22.6 Å². The van der Waals surface area contributed by atoms with Gasteiger partial charge in [0.2, 0.25) is 0 Å². The molecule has 0 amide bonds. The maximum atomic E-state index is 11.8. The van der Waals surface area contributed by atoms with Crippen LogP contribution >= 0.6 is 0 Å². The molecule has 0 saturated carbocycles. The van der Waals surface area contributed by atoms with Crippen LogP contribution in [0.1, 0.15) is 27.0 Å². The van der Waals surface area contributed by atoms with Crippen molar-refractivity contribution in [3.63, 3.8) is 0 Å². The summed E-state index contributed by atoms with van der Waals surface area (Å²) in [6.45, 7) is 1.52. The van der Waals surface area contributed by atoms with E-state index in [1.165, 1.54) is 0 Å². The number of nitrogens with zero attached hydrogens (tertiary/aromatic N) is 1. The molecule has 1 aromatic heterocycles. The van der Waals surface area contributed by atoms with Crippen molar-refractivity contribution in [2.75, 3.05) is 0 Å². The summed E-state index contributed by atoms with van der Waals surface area (Å²) in [5.41, 5.74) is 5.83. The standard InChI is InChI=1S/C32H27NO3/c34-22-29-20-33(21-32(29)28-14-8-3-9-15-28)19-27-16-30(35-23-25-10-4-1-5-11-25)18-31(17-27)36-24-26-12-6-2-7-13-26/h1-18,20-22H,19,23-24H2. The molecule has 0 spiro atoms. The Morgan fingerprint density at radius 1 is 0.611 bits per heavy atom. The molecule has 36 heavy (non-hydrogen) atoms. The van der Waals surface area contributed by atoms with E-state index in [0.717, 1.165) is 45.6 Å². The quantitative estimate of drug-likeness (QED) is 0.202. The molecule has 0 aliphatic carbocycles. The third-order valence-corrected chi connectivity index (χ3v) is 5.92. The first-order chi connectivity index (χ1) is 17.8. The number of ether oxygens (including phenoxy) is 2. The number of rotatable bonds is 10. The Hall–Kier alpha value is -4.57. The van der Waals surface area contributed by atoms with Gasteiger partial charge < -0.3 is 14.0 Å². The molecule has 4 nitrogen and oxygen atoms in total. The second kappa shape index (κ2) is 11.2. The average Bonchev–Trinajstić information content (AvgIpc) is 3.35. The van der Waals surface area contributed by atoms with Crippen LogP contribution in [0, 0.1) is 0 Å². The Labute approximate surface area is 211 Å². The van der Waals surface area contributed by atoms with E-state index >= 15 is 0 Å². The van der Waals surface area contributed by atoms with Crippen molar-refractivity contribution in [1.82, 2.24) is 4.57 Å². The molecule has 0 fully saturated rings. The molecule has 0 bridgehead atoms. The van der Waals surface area contributed by atoms with Crippen molar-refractivity contribution < 1.29 is 14.3 Å². The molecular weight excluding hydrogens is 446 g/mol. The van der Waals surface area contributed by atoms with Gasteiger partial charge in [-0.2, -0.15) is 0 Å². The maximum Gasteiger partial charge on any atom is 0.152 e. The van der Waals surface area contributed by atoms with Crippen LogP contribution in [0.3, 0.4) is 0 Å². The van der Waals surface area contributed by atoms with Gasteiger partial charge in [-0.25, -0.2) is 0 Å². The van der Waals surface area contributed by atoms with Crippen LogP contribution in [0.25, 0.3) is 11.1 Å². The third-order valence-electron chi connectivity index (χ3n) is 5.92. The van der Waals surface area contributed by atoms with E-state index < -0.39 is 0 Å². The number of aldehydes is 1. The number of benzene rings is 4. The van der Waals surface area contributed by atoms with Crippen LogP contribution < -0.4 is 9.47 Å². The normalized spacial score (nSPS) is 10.7. The van der Waals surface area contributed by atoms with Crippen LogP contribution in [-0.2, 0) is 19.8 Å². The average molecular weight is 474 g/mol. The van der Waals surface area contributed by atoms with E-state index in [2.05, 4.69) is 0 Å². The number of carbonyl (C=O) groups is 1. The maximum absolute atomic E-state index is 11.8. The van der Waals surface area contributed by atoms with Crippen LogP contribution in [0.5, 0.6) is 11.5 Å². The van der Waals surface area contributed by atoms with Crippen LogP contribution in [0.4, 0.5) is 0 Å². The van der Waals surface area contributed by atoms with Crippen molar-refractivity contribution in [1.29, 1.82) is 0 Å². The fourth-order valence-electron chi connectivity index (χ4n) is 4.15. The molecular formula is C32H27NO3. The van der Waals surface area contributed by atoms with E-state index in [0.29, 0.717) is 25.3 Å². The number of carbonyl (C=O) groups excluding carboxylic acids is 1. The molecule has 178 valence electrons. The molecule has 4 heteroatoms.